The van der Waals surface area contributed by atoms with Crippen molar-refractivity contribution in [1.29, 1.82) is 0 Å². The summed E-state index contributed by atoms with van der Waals surface area (Å²) in [5, 5.41) is 6.11. The molecule has 0 saturated heterocycles. The number of aromatic nitrogens is 4. The van der Waals surface area contributed by atoms with Gasteiger partial charge in [-0.2, -0.15) is 4.98 Å². The van der Waals surface area contributed by atoms with Gasteiger partial charge in [0.2, 0.25) is 5.82 Å². The molecule has 0 aliphatic carbocycles. The zero-order chi connectivity index (χ0) is 11.0. The molecule has 6 nitrogen and oxygen atoms in total. The van der Waals surface area contributed by atoms with Gasteiger partial charge in [-0.15, -0.1) is 22.7 Å². The fourth-order valence-corrected chi connectivity index (χ4v) is 2.22. The van der Waals surface area contributed by atoms with Gasteiger partial charge >= 0.3 is 0 Å². The molecular formula is C8H5N5OS2. The second-order valence-corrected chi connectivity index (χ2v) is 4.64. The molecule has 0 amide bonds. The number of hydrogen-bond acceptors (Lipinski definition) is 8. The maximum absolute atomic E-state index is 5.53. The van der Waals surface area contributed by atoms with Crippen molar-refractivity contribution >= 4 is 27.8 Å². The predicted molar refractivity (Wildman–Crippen MR) is 60.9 cm³/mol. The molecule has 0 atom stereocenters. The first kappa shape index (κ1) is 9.43. The van der Waals surface area contributed by atoms with E-state index in [2.05, 4.69) is 20.1 Å². The minimum absolute atomic E-state index is 0.372. The standard InChI is InChI=1S/C8H5N5OS2/c9-8-11-4(2-15-8)7-12-6(13-14-7)5-1-10-3-16-5/h1-3H,(H2,9,11). The van der Waals surface area contributed by atoms with E-state index in [4.69, 9.17) is 10.3 Å². The summed E-state index contributed by atoms with van der Waals surface area (Å²) < 4.78 is 5.09. The zero-order valence-corrected chi connectivity index (χ0v) is 9.46. The van der Waals surface area contributed by atoms with Crippen LogP contribution in [0.15, 0.2) is 21.6 Å². The SMILES string of the molecule is Nc1nc(-c2nc(-c3cncs3)no2)cs1. The van der Waals surface area contributed by atoms with Gasteiger partial charge in [-0.25, -0.2) is 4.98 Å². The highest BCUT2D eigenvalue weighted by atomic mass is 32.1. The van der Waals surface area contributed by atoms with Crippen LogP contribution in [0, 0.1) is 0 Å². The van der Waals surface area contributed by atoms with E-state index in [1.54, 1.807) is 17.1 Å². The average molecular weight is 251 g/mol. The topological polar surface area (TPSA) is 90.7 Å². The van der Waals surface area contributed by atoms with Crippen LogP contribution in [0.1, 0.15) is 0 Å². The molecule has 16 heavy (non-hydrogen) atoms. The van der Waals surface area contributed by atoms with Crippen molar-refractivity contribution in [1.82, 2.24) is 20.1 Å². The number of nitrogen functional groups attached to an aromatic ring is 1. The Hall–Kier alpha value is -1.80. The average Bonchev–Trinajstić information content (AvgIpc) is 2.97. The van der Waals surface area contributed by atoms with Crippen molar-refractivity contribution in [2.75, 3.05) is 5.73 Å². The molecule has 0 aromatic carbocycles. The van der Waals surface area contributed by atoms with E-state index in [9.17, 15) is 0 Å². The Morgan fingerprint density at radius 1 is 1.25 bits per heavy atom. The summed E-state index contributed by atoms with van der Waals surface area (Å²) in [6, 6.07) is 0. The Morgan fingerprint density at radius 3 is 2.88 bits per heavy atom. The second kappa shape index (κ2) is 3.65. The first-order chi connectivity index (χ1) is 7.83. The largest absolute Gasteiger partial charge is 0.375 e. The van der Waals surface area contributed by atoms with E-state index in [1.807, 2.05) is 0 Å². The van der Waals surface area contributed by atoms with Crippen molar-refractivity contribution < 1.29 is 4.52 Å². The van der Waals surface area contributed by atoms with Gasteiger partial charge in [-0.1, -0.05) is 5.16 Å². The van der Waals surface area contributed by atoms with Crippen LogP contribution < -0.4 is 5.73 Å². The third-order valence-electron chi connectivity index (χ3n) is 1.82. The fraction of sp³-hybridized carbons (Fsp3) is 0. The van der Waals surface area contributed by atoms with E-state index in [0.717, 1.165) is 4.88 Å². The molecule has 0 radical (unpaired) electrons. The van der Waals surface area contributed by atoms with Gasteiger partial charge in [-0.3, -0.25) is 4.98 Å². The highest BCUT2D eigenvalue weighted by Crippen LogP contribution is 2.25. The van der Waals surface area contributed by atoms with E-state index in [1.165, 1.54) is 22.7 Å². The van der Waals surface area contributed by atoms with E-state index < -0.39 is 0 Å². The molecule has 0 spiro atoms. The van der Waals surface area contributed by atoms with Crippen LogP contribution >= 0.6 is 22.7 Å². The summed E-state index contributed by atoms with van der Waals surface area (Å²) in [6.45, 7) is 0. The summed E-state index contributed by atoms with van der Waals surface area (Å²) >= 11 is 2.79. The first-order valence-electron chi connectivity index (χ1n) is 4.27. The van der Waals surface area contributed by atoms with Crippen LogP contribution in [0.25, 0.3) is 22.3 Å². The number of nitrogens with two attached hydrogens (primary N) is 1. The van der Waals surface area contributed by atoms with E-state index in [-0.39, 0.29) is 0 Å². The van der Waals surface area contributed by atoms with Crippen LogP contribution in [0.2, 0.25) is 0 Å². The molecule has 0 aliphatic rings. The van der Waals surface area contributed by atoms with Crippen molar-refractivity contribution in [2.45, 2.75) is 0 Å². The number of nitrogens with zero attached hydrogens (tertiary/aromatic N) is 4. The molecule has 3 aromatic heterocycles. The van der Waals surface area contributed by atoms with Crippen LogP contribution in [0.5, 0.6) is 0 Å². The number of thiazole rings is 2. The van der Waals surface area contributed by atoms with Crippen molar-refractivity contribution in [3.63, 3.8) is 0 Å². The van der Waals surface area contributed by atoms with Crippen molar-refractivity contribution in [3.8, 4) is 22.3 Å². The number of anilines is 1. The van der Waals surface area contributed by atoms with Gasteiger partial charge in [-0.05, 0) is 0 Å². The Morgan fingerprint density at radius 2 is 2.19 bits per heavy atom. The maximum Gasteiger partial charge on any atom is 0.277 e. The van der Waals surface area contributed by atoms with E-state index >= 15 is 0 Å². The third-order valence-corrected chi connectivity index (χ3v) is 3.26. The van der Waals surface area contributed by atoms with Crippen molar-refractivity contribution in [2.24, 2.45) is 0 Å². The van der Waals surface area contributed by atoms with Gasteiger partial charge in [0.25, 0.3) is 5.89 Å². The van der Waals surface area contributed by atoms with Gasteiger partial charge in [0.05, 0.1) is 10.4 Å². The Bertz CT molecular complexity index is 600. The molecule has 2 N–H and O–H groups in total. The smallest absolute Gasteiger partial charge is 0.277 e. The zero-order valence-electron chi connectivity index (χ0n) is 7.82. The molecule has 0 saturated carbocycles. The summed E-state index contributed by atoms with van der Waals surface area (Å²) in [6.07, 6.45) is 1.69. The molecule has 3 rings (SSSR count). The molecular weight excluding hydrogens is 246 g/mol. The monoisotopic (exact) mass is 251 g/mol. The maximum atomic E-state index is 5.53. The van der Waals surface area contributed by atoms with Crippen molar-refractivity contribution in [3.05, 3.63) is 17.1 Å². The first-order valence-corrected chi connectivity index (χ1v) is 6.03. The Kier molecular flexibility index (Phi) is 2.15. The molecule has 3 heterocycles. The number of hydrogen-bond donors (Lipinski definition) is 1. The van der Waals surface area contributed by atoms with E-state index in [0.29, 0.717) is 22.5 Å². The molecule has 80 valence electrons. The molecule has 0 bridgehead atoms. The quantitative estimate of drug-likeness (QED) is 0.748. The molecule has 0 fully saturated rings. The fourth-order valence-electron chi connectivity index (χ4n) is 1.14. The summed E-state index contributed by atoms with van der Waals surface area (Å²) in [4.78, 5) is 13.1. The normalized spacial score (nSPS) is 10.8. The molecule has 3 aromatic rings. The summed E-state index contributed by atoms with van der Waals surface area (Å²) in [5.41, 5.74) is 7.84. The lowest BCUT2D eigenvalue weighted by Crippen LogP contribution is -1.83. The van der Waals surface area contributed by atoms with Crippen LogP contribution in [-0.2, 0) is 0 Å². The van der Waals surface area contributed by atoms with Crippen LogP contribution in [0.4, 0.5) is 5.13 Å². The lowest BCUT2D eigenvalue weighted by atomic mass is 10.5. The van der Waals surface area contributed by atoms with Gasteiger partial charge in [0.15, 0.2) is 5.13 Å². The van der Waals surface area contributed by atoms with Gasteiger partial charge in [0.1, 0.15) is 5.69 Å². The molecule has 0 unspecified atom stereocenters. The highest BCUT2D eigenvalue weighted by molar-refractivity contribution is 7.13. The molecule has 0 aliphatic heterocycles. The van der Waals surface area contributed by atoms with Gasteiger partial charge < -0.3 is 10.3 Å². The van der Waals surface area contributed by atoms with Crippen LogP contribution in [-0.4, -0.2) is 20.1 Å². The Balaban J connectivity index is 2.00. The minimum Gasteiger partial charge on any atom is -0.375 e. The lowest BCUT2D eigenvalue weighted by molar-refractivity contribution is 0.431. The summed E-state index contributed by atoms with van der Waals surface area (Å²) in [7, 11) is 0. The van der Waals surface area contributed by atoms with Crippen LogP contribution in [0.3, 0.4) is 0 Å². The second-order valence-electron chi connectivity index (χ2n) is 2.86. The van der Waals surface area contributed by atoms with Gasteiger partial charge in [0, 0.05) is 11.6 Å². The Labute approximate surface area is 97.8 Å². The molecule has 8 heteroatoms. The summed E-state index contributed by atoms with van der Waals surface area (Å²) in [5.74, 6) is 0.889. The minimum atomic E-state index is 0.372. The lowest BCUT2D eigenvalue weighted by Gasteiger charge is -1.82. The predicted octanol–water partition coefficient (Wildman–Crippen LogP) is 1.90. The highest BCUT2D eigenvalue weighted by Gasteiger charge is 2.13. The number of rotatable bonds is 2. The third kappa shape index (κ3) is 1.57.